The monoisotopic (exact) mass is 313 g/mol. The van der Waals surface area contributed by atoms with E-state index in [4.69, 9.17) is 23.2 Å². The highest BCUT2D eigenvalue weighted by molar-refractivity contribution is 6.33. The van der Waals surface area contributed by atoms with E-state index in [2.05, 4.69) is 20.8 Å². The Morgan fingerprint density at radius 1 is 1.45 bits per heavy atom. The van der Waals surface area contributed by atoms with Crippen molar-refractivity contribution in [3.05, 3.63) is 29.5 Å². The number of rotatable bonds is 4. The average Bonchev–Trinajstić information content (AvgIpc) is 2.95. The van der Waals surface area contributed by atoms with E-state index in [1.807, 2.05) is 0 Å². The van der Waals surface area contributed by atoms with Gasteiger partial charge in [-0.2, -0.15) is 0 Å². The summed E-state index contributed by atoms with van der Waals surface area (Å²) >= 11 is 11.9. The van der Waals surface area contributed by atoms with Crippen LogP contribution in [-0.4, -0.2) is 32.0 Å². The van der Waals surface area contributed by atoms with E-state index in [1.54, 1.807) is 32.0 Å². The molecule has 0 aliphatic rings. The lowest BCUT2D eigenvalue weighted by Gasteiger charge is -2.21. The second-order valence-electron chi connectivity index (χ2n) is 4.89. The lowest BCUT2D eigenvalue weighted by atomic mass is 9.95. The molecule has 1 N–H and O–H groups in total. The molecule has 1 aromatic heterocycles. The summed E-state index contributed by atoms with van der Waals surface area (Å²) in [5, 5.41) is 14.1. The van der Waals surface area contributed by atoms with Gasteiger partial charge in [-0.1, -0.05) is 11.6 Å². The quantitative estimate of drug-likeness (QED) is 0.880. The number of aromatic nitrogens is 4. The van der Waals surface area contributed by atoms with Gasteiger partial charge >= 0.3 is 0 Å². The van der Waals surface area contributed by atoms with Crippen molar-refractivity contribution in [3.8, 4) is 5.69 Å². The second-order valence-corrected chi connectivity index (χ2v) is 5.56. The van der Waals surface area contributed by atoms with Crippen LogP contribution in [0.5, 0.6) is 0 Å². The summed E-state index contributed by atoms with van der Waals surface area (Å²) in [6.07, 6.45) is 1.46. The molecule has 0 bridgehead atoms. The number of halogens is 2. The number of anilines is 1. The predicted molar refractivity (Wildman–Crippen MR) is 77.3 cm³/mol. The van der Waals surface area contributed by atoms with Crippen LogP contribution in [0, 0.1) is 5.41 Å². The standard InChI is InChI=1S/C12H13Cl2N5O/c1-12(2,6-13)11(20)16-10-5-8(3-4-9(10)14)19-7-15-17-18-19/h3-5,7H,6H2,1-2H3,(H,16,20). The van der Waals surface area contributed by atoms with Crippen molar-refractivity contribution < 1.29 is 4.79 Å². The number of alkyl halides is 1. The fraction of sp³-hybridized carbons (Fsp3) is 0.333. The van der Waals surface area contributed by atoms with E-state index < -0.39 is 5.41 Å². The molecule has 0 radical (unpaired) electrons. The minimum atomic E-state index is -0.685. The third kappa shape index (κ3) is 3.08. The van der Waals surface area contributed by atoms with E-state index in [0.29, 0.717) is 16.4 Å². The first kappa shape index (κ1) is 14.7. The summed E-state index contributed by atoms with van der Waals surface area (Å²) in [6.45, 7) is 3.52. The maximum atomic E-state index is 12.1. The Hall–Kier alpha value is -1.66. The lowest BCUT2D eigenvalue weighted by Crippen LogP contribution is -2.32. The Morgan fingerprint density at radius 2 is 2.20 bits per heavy atom. The van der Waals surface area contributed by atoms with Gasteiger partial charge in [-0.15, -0.1) is 16.7 Å². The van der Waals surface area contributed by atoms with Gasteiger partial charge in [-0.3, -0.25) is 4.79 Å². The Labute approximate surface area is 126 Å². The largest absolute Gasteiger partial charge is 0.324 e. The molecule has 0 unspecified atom stereocenters. The van der Waals surface area contributed by atoms with Crippen LogP contribution in [0.15, 0.2) is 24.5 Å². The third-order valence-electron chi connectivity index (χ3n) is 2.76. The highest BCUT2D eigenvalue weighted by Gasteiger charge is 2.27. The highest BCUT2D eigenvalue weighted by atomic mass is 35.5. The van der Waals surface area contributed by atoms with Crippen molar-refractivity contribution in [1.82, 2.24) is 20.2 Å². The van der Waals surface area contributed by atoms with E-state index in [1.165, 1.54) is 11.0 Å². The molecule has 2 aromatic rings. The molecule has 8 heteroatoms. The fourth-order valence-corrected chi connectivity index (χ4v) is 1.67. The van der Waals surface area contributed by atoms with Crippen LogP contribution < -0.4 is 5.32 Å². The molecular weight excluding hydrogens is 301 g/mol. The van der Waals surface area contributed by atoms with Crippen LogP contribution in [0.4, 0.5) is 5.69 Å². The van der Waals surface area contributed by atoms with Crippen LogP contribution in [0.1, 0.15) is 13.8 Å². The number of hydrogen-bond donors (Lipinski definition) is 1. The SMILES string of the molecule is CC(C)(CCl)C(=O)Nc1cc(-n2cnnn2)ccc1Cl. The Morgan fingerprint density at radius 3 is 2.80 bits per heavy atom. The second kappa shape index (κ2) is 5.76. The van der Waals surface area contributed by atoms with Crippen LogP contribution in [-0.2, 0) is 4.79 Å². The van der Waals surface area contributed by atoms with Crippen molar-refractivity contribution >= 4 is 34.8 Å². The van der Waals surface area contributed by atoms with Gasteiger partial charge in [0.2, 0.25) is 5.91 Å². The van der Waals surface area contributed by atoms with Gasteiger partial charge in [0.1, 0.15) is 6.33 Å². The van der Waals surface area contributed by atoms with Gasteiger partial charge in [0.05, 0.1) is 21.8 Å². The summed E-state index contributed by atoms with van der Waals surface area (Å²) in [5.41, 5.74) is 0.497. The summed E-state index contributed by atoms with van der Waals surface area (Å²) < 4.78 is 1.47. The van der Waals surface area contributed by atoms with E-state index >= 15 is 0 Å². The van der Waals surface area contributed by atoms with E-state index in [0.717, 1.165) is 0 Å². The van der Waals surface area contributed by atoms with Crippen molar-refractivity contribution in [1.29, 1.82) is 0 Å². The first-order valence-electron chi connectivity index (χ1n) is 5.84. The van der Waals surface area contributed by atoms with Crippen LogP contribution in [0.3, 0.4) is 0 Å². The van der Waals surface area contributed by atoms with Gasteiger partial charge < -0.3 is 5.32 Å². The van der Waals surface area contributed by atoms with Crippen LogP contribution >= 0.6 is 23.2 Å². The molecule has 20 heavy (non-hydrogen) atoms. The minimum absolute atomic E-state index is 0.205. The van der Waals surface area contributed by atoms with Crippen LogP contribution in [0.25, 0.3) is 5.69 Å². The van der Waals surface area contributed by atoms with Crippen molar-refractivity contribution in [3.63, 3.8) is 0 Å². The molecule has 0 fully saturated rings. The summed E-state index contributed by atoms with van der Waals surface area (Å²) in [7, 11) is 0. The highest BCUT2D eigenvalue weighted by Crippen LogP contribution is 2.27. The number of benzene rings is 1. The third-order valence-corrected chi connectivity index (χ3v) is 3.76. The Balaban J connectivity index is 2.28. The van der Waals surface area contributed by atoms with Gasteiger partial charge in [0.15, 0.2) is 0 Å². The first-order valence-corrected chi connectivity index (χ1v) is 6.75. The van der Waals surface area contributed by atoms with Crippen molar-refractivity contribution in [2.75, 3.05) is 11.2 Å². The number of carbonyl (C=O) groups is 1. The maximum absolute atomic E-state index is 12.1. The first-order chi connectivity index (χ1) is 9.44. The number of carbonyl (C=O) groups excluding carboxylic acids is 1. The molecule has 2 rings (SSSR count). The molecule has 0 spiro atoms. The number of nitrogens with zero attached hydrogens (tertiary/aromatic N) is 4. The molecule has 0 aliphatic heterocycles. The molecule has 0 saturated heterocycles. The molecule has 1 amide bonds. The zero-order chi connectivity index (χ0) is 14.8. The molecule has 1 heterocycles. The van der Waals surface area contributed by atoms with E-state index in [9.17, 15) is 4.79 Å². The molecular formula is C12H13Cl2N5O. The number of amides is 1. The molecule has 0 atom stereocenters. The number of nitrogens with one attached hydrogen (secondary N) is 1. The summed E-state index contributed by atoms with van der Waals surface area (Å²) in [5.74, 6) is 0.00614. The Kier molecular flexibility index (Phi) is 4.25. The van der Waals surface area contributed by atoms with E-state index in [-0.39, 0.29) is 11.8 Å². The van der Waals surface area contributed by atoms with Gasteiger partial charge in [-0.05, 0) is 42.5 Å². The van der Waals surface area contributed by atoms with Gasteiger partial charge in [0, 0.05) is 5.88 Å². The van der Waals surface area contributed by atoms with Crippen LogP contribution in [0.2, 0.25) is 5.02 Å². The topological polar surface area (TPSA) is 72.7 Å². The van der Waals surface area contributed by atoms with Gasteiger partial charge in [-0.25, -0.2) is 4.68 Å². The zero-order valence-corrected chi connectivity index (χ0v) is 12.5. The average molecular weight is 314 g/mol. The molecule has 0 aliphatic carbocycles. The summed E-state index contributed by atoms with van der Waals surface area (Å²) in [4.78, 5) is 12.1. The number of tetrazole rings is 1. The molecule has 106 valence electrons. The van der Waals surface area contributed by atoms with Crippen molar-refractivity contribution in [2.45, 2.75) is 13.8 Å². The Bertz CT molecular complexity index is 612. The normalized spacial score (nSPS) is 11.4. The lowest BCUT2D eigenvalue weighted by molar-refractivity contribution is -0.122. The number of hydrogen-bond acceptors (Lipinski definition) is 4. The maximum Gasteiger partial charge on any atom is 0.231 e. The zero-order valence-electron chi connectivity index (χ0n) is 11.0. The summed E-state index contributed by atoms with van der Waals surface area (Å²) in [6, 6.07) is 5.11. The smallest absolute Gasteiger partial charge is 0.231 e. The fourth-order valence-electron chi connectivity index (χ4n) is 1.38. The predicted octanol–water partition coefficient (Wildman–Crippen LogP) is 2.52. The molecule has 6 nitrogen and oxygen atoms in total. The molecule has 0 saturated carbocycles. The minimum Gasteiger partial charge on any atom is -0.324 e. The molecule has 1 aromatic carbocycles. The van der Waals surface area contributed by atoms with Gasteiger partial charge in [0.25, 0.3) is 0 Å². The van der Waals surface area contributed by atoms with Crippen molar-refractivity contribution in [2.24, 2.45) is 5.41 Å².